The number of nitrogens with zero attached hydrogens (tertiary/aromatic N) is 1. The summed E-state index contributed by atoms with van der Waals surface area (Å²) in [5.41, 5.74) is 1.51. The van der Waals surface area contributed by atoms with Gasteiger partial charge in [-0.1, -0.05) is 6.07 Å². The van der Waals surface area contributed by atoms with Gasteiger partial charge in [0.15, 0.2) is 0 Å². The molecule has 0 bridgehead atoms. The molecular weight excluding hydrogens is 400 g/mol. The average Bonchev–Trinajstić information content (AvgIpc) is 2.96. The number of carbonyl (C=O) groups excluding carboxylic acids is 1. The van der Waals surface area contributed by atoms with Gasteiger partial charge in [-0.05, 0) is 64.2 Å². The van der Waals surface area contributed by atoms with Gasteiger partial charge in [-0.3, -0.25) is 4.18 Å². The minimum atomic E-state index is -3.39. The predicted octanol–water partition coefficient (Wildman–Crippen LogP) is 3.93. The molecule has 0 aliphatic heterocycles. The highest BCUT2D eigenvalue weighted by Crippen LogP contribution is 2.40. The van der Waals surface area contributed by atoms with E-state index in [-0.39, 0.29) is 11.9 Å². The van der Waals surface area contributed by atoms with Crippen LogP contribution in [-0.4, -0.2) is 37.0 Å². The zero-order valence-electron chi connectivity index (χ0n) is 16.5. The lowest BCUT2D eigenvalue weighted by molar-refractivity contribution is 0.0523. The second kappa shape index (κ2) is 7.96. The number of fused-ring (bicyclic) bond motifs is 1. The molecule has 154 valence electrons. The van der Waals surface area contributed by atoms with E-state index in [0.29, 0.717) is 25.3 Å². The summed E-state index contributed by atoms with van der Waals surface area (Å²) in [6.45, 7) is 7.36. The number of benzene rings is 1. The first-order chi connectivity index (χ1) is 13.0. The molecule has 0 atom stereocenters. The quantitative estimate of drug-likeness (QED) is 0.703. The number of hydrogen-bond acceptors (Lipinski definition) is 7. The van der Waals surface area contributed by atoms with E-state index in [2.05, 4.69) is 16.4 Å². The summed E-state index contributed by atoms with van der Waals surface area (Å²) in [5.74, 6) is 0.299. The average molecular weight is 427 g/mol. The summed E-state index contributed by atoms with van der Waals surface area (Å²) in [4.78, 5) is 16.3. The SMILES string of the molecule is CCS(=O)(=O)OC1CC(c2ccc3nc(CNC(=O)OC(C)(C)C)sc3c2)C1. The second-order valence-electron chi connectivity index (χ2n) is 7.92. The van der Waals surface area contributed by atoms with Crippen molar-refractivity contribution in [1.29, 1.82) is 0 Å². The second-order valence-corrected chi connectivity index (χ2v) is 10.9. The number of carbonyl (C=O) groups is 1. The van der Waals surface area contributed by atoms with Gasteiger partial charge in [0.25, 0.3) is 10.1 Å². The Morgan fingerprint density at radius 3 is 2.68 bits per heavy atom. The van der Waals surface area contributed by atoms with Gasteiger partial charge in [0.05, 0.1) is 28.6 Å². The van der Waals surface area contributed by atoms with E-state index >= 15 is 0 Å². The fraction of sp³-hybridized carbons (Fsp3) is 0.579. The van der Waals surface area contributed by atoms with E-state index in [1.807, 2.05) is 32.9 Å². The third kappa shape index (κ3) is 5.42. The summed E-state index contributed by atoms with van der Waals surface area (Å²) in [5, 5.41) is 3.53. The molecule has 1 aliphatic rings. The summed E-state index contributed by atoms with van der Waals surface area (Å²) in [6, 6.07) is 6.09. The van der Waals surface area contributed by atoms with Crippen LogP contribution in [0.5, 0.6) is 0 Å². The lowest BCUT2D eigenvalue weighted by Gasteiger charge is -2.34. The van der Waals surface area contributed by atoms with Crippen LogP contribution in [0.15, 0.2) is 18.2 Å². The molecule has 7 nitrogen and oxygen atoms in total. The number of alkyl carbamates (subject to hydrolysis) is 1. The van der Waals surface area contributed by atoms with Crippen molar-refractivity contribution in [3.05, 3.63) is 28.8 Å². The van der Waals surface area contributed by atoms with Crippen molar-refractivity contribution in [1.82, 2.24) is 10.3 Å². The Morgan fingerprint density at radius 1 is 1.32 bits per heavy atom. The van der Waals surface area contributed by atoms with Gasteiger partial charge in [0.2, 0.25) is 0 Å². The standard InChI is InChI=1S/C19H26N2O5S2/c1-5-28(23,24)26-14-8-13(9-14)12-6-7-15-16(10-12)27-17(21-15)11-20-18(22)25-19(2,3)4/h6-7,10,13-14H,5,8-9,11H2,1-4H3,(H,20,22). The van der Waals surface area contributed by atoms with Crippen molar-refractivity contribution in [2.45, 2.75) is 64.7 Å². The van der Waals surface area contributed by atoms with Crippen LogP contribution >= 0.6 is 11.3 Å². The van der Waals surface area contributed by atoms with Crippen molar-refractivity contribution in [3.63, 3.8) is 0 Å². The van der Waals surface area contributed by atoms with Crippen LogP contribution in [0.25, 0.3) is 10.2 Å². The van der Waals surface area contributed by atoms with Crippen molar-refractivity contribution in [2.24, 2.45) is 0 Å². The molecule has 0 spiro atoms. The molecule has 0 radical (unpaired) electrons. The molecule has 1 heterocycles. The monoisotopic (exact) mass is 426 g/mol. The van der Waals surface area contributed by atoms with E-state index in [1.165, 1.54) is 11.3 Å². The van der Waals surface area contributed by atoms with Crippen LogP contribution in [0, 0.1) is 0 Å². The molecule has 0 unspecified atom stereocenters. The molecule has 3 rings (SSSR count). The number of aromatic nitrogens is 1. The first kappa shape index (κ1) is 21.0. The number of hydrogen-bond donors (Lipinski definition) is 1. The number of thiazole rings is 1. The number of amides is 1. The molecule has 1 aromatic heterocycles. The Balaban J connectivity index is 1.59. The zero-order chi connectivity index (χ0) is 20.5. The largest absolute Gasteiger partial charge is 0.444 e. The van der Waals surface area contributed by atoms with Gasteiger partial charge in [-0.15, -0.1) is 11.3 Å². The smallest absolute Gasteiger partial charge is 0.408 e. The Hall–Kier alpha value is -1.71. The van der Waals surface area contributed by atoms with Crippen LogP contribution in [0.3, 0.4) is 0 Å². The molecule has 1 amide bonds. The first-order valence-electron chi connectivity index (χ1n) is 9.32. The highest BCUT2D eigenvalue weighted by Gasteiger charge is 2.34. The number of rotatable bonds is 6. The number of nitrogens with one attached hydrogen (secondary N) is 1. The normalized spacial score (nSPS) is 20.0. The molecule has 1 fully saturated rings. The van der Waals surface area contributed by atoms with E-state index in [9.17, 15) is 13.2 Å². The fourth-order valence-corrected chi connectivity index (χ4v) is 4.64. The van der Waals surface area contributed by atoms with Gasteiger partial charge >= 0.3 is 6.09 Å². The Morgan fingerprint density at radius 2 is 2.04 bits per heavy atom. The fourth-order valence-electron chi connectivity index (χ4n) is 2.97. The lowest BCUT2D eigenvalue weighted by atomic mass is 9.78. The van der Waals surface area contributed by atoms with Crippen LogP contribution < -0.4 is 5.32 Å². The van der Waals surface area contributed by atoms with Crippen molar-refractivity contribution in [3.8, 4) is 0 Å². The predicted molar refractivity (Wildman–Crippen MR) is 109 cm³/mol. The van der Waals surface area contributed by atoms with Crippen LogP contribution in [0.2, 0.25) is 0 Å². The van der Waals surface area contributed by atoms with Gasteiger partial charge < -0.3 is 10.1 Å². The van der Waals surface area contributed by atoms with Crippen molar-refractivity contribution < 1.29 is 22.1 Å². The van der Waals surface area contributed by atoms with E-state index in [0.717, 1.165) is 20.8 Å². The first-order valence-corrected chi connectivity index (χ1v) is 11.7. The Kier molecular flexibility index (Phi) is 5.97. The summed E-state index contributed by atoms with van der Waals surface area (Å²) in [7, 11) is -3.39. The lowest BCUT2D eigenvalue weighted by Crippen LogP contribution is -2.32. The van der Waals surface area contributed by atoms with Crippen LogP contribution in [0.1, 0.15) is 57.0 Å². The highest BCUT2D eigenvalue weighted by molar-refractivity contribution is 7.86. The van der Waals surface area contributed by atoms with Gasteiger partial charge in [-0.2, -0.15) is 8.42 Å². The summed E-state index contributed by atoms with van der Waals surface area (Å²) >= 11 is 1.53. The Labute approximate surface area is 169 Å². The van der Waals surface area contributed by atoms with Crippen LogP contribution in [0.4, 0.5) is 4.79 Å². The maximum absolute atomic E-state index is 11.8. The summed E-state index contributed by atoms with van der Waals surface area (Å²) in [6.07, 6.45) is 0.725. The minimum Gasteiger partial charge on any atom is -0.444 e. The van der Waals surface area contributed by atoms with Crippen LogP contribution in [-0.2, 0) is 25.6 Å². The third-order valence-corrected chi connectivity index (χ3v) is 6.73. The minimum absolute atomic E-state index is 0.00109. The molecule has 0 saturated heterocycles. The van der Waals surface area contributed by atoms with E-state index in [1.54, 1.807) is 6.92 Å². The number of ether oxygens (including phenoxy) is 1. The molecule has 9 heteroatoms. The zero-order valence-corrected chi connectivity index (χ0v) is 18.2. The van der Waals surface area contributed by atoms with Crippen molar-refractivity contribution in [2.75, 3.05) is 5.75 Å². The van der Waals surface area contributed by atoms with Crippen molar-refractivity contribution >= 4 is 37.8 Å². The molecular formula is C19H26N2O5S2. The maximum Gasteiger partial charge on any atom is 0.408 e. The molecule has 2 aromatic rings. The summed E-state index contributed by atoms with van der Waals surface area (Å²) < 4.78 is 34.5. The highest BCUT2D eigenvalue weighted by atomic mass is 32.2. The van der Waals surface area contributed by atoms with E-state index in [4.69, 9.17) is 8.92 Å². The molecule has 1 aromatic carbocycles. The van der Waals surface area contributed by atoms with Gasteiger partial charge in [0, 0.05) is 0 Å². The van der Waals surface area contributed by atoms with Gasteiger partial charge in [-0.25, -0.2) is 9.78 Å². The van der Waals surface area contributed by atoms with Gasteiger partial charge in [0.1, 0.15) is 10.6 Å². The maximum atomic E-state index is 11.8. The molecule has 1 aliphatic carbocycles. The molecule has 1 saturated carbocycles. The third-order valence-electron chi connectivity index (χ3n) is 4.44. The Bertz CT molecular complexity index is 956. The molecule has 28 heavy (non-hydrogen) atoms. The molecule has 1 N–H and O–H groups in total. The van der Waals surface area contributed by atoms with E-state index < -0.39 is 21.8 Å². The topological polar surface area (TPSA) is 94.6 Å².